The maximum Gasteiger partial charge on any atom is 0.0177 e. The van der Waals surface area contributed by atoms with Gasteiger partial charge < -0.3 is 0 Å². The van der Waals surface area contributed by atoms with Gasteiger partial charge in [0.1, 0.15) is 0 Å². The molecular weight excluding hydrogens is 168 g/mol. The van der Waals surface area contributed by atoms with Gasteiger partial charge in [0.25, 0.3) is 0 Å². The van der Waals surface area contributed by atoms with Crippen molar-refractivity contribution in [1.29, 1.82) is 0 Å². The number of rotatable bonds is 2. The van der Waals surface area contributed by atoms with Crippen molar-refractivity contribution in [2.45, 2.75) is 12.8 Å². The molecule has 0 spiro atoms. The molecule has 0 saturated heterocycles. The van der Waals surface area contributed by atoms with Crippen molar-refractivity contribution in [3.63, 3.8) is 0 Å². The van der Waals surface area contributed by atoms with Crippen LogP contribution in [-0.4, -0.2) is 0 Å². The summed E-state index contributed by atoms with van der Waals surface area (Å²) in [6.07, 6.45) is 13.8. The maximum atomic E-state index is 3.82. The van der Waals surface area contributed by atoms with Gasteiger partial charge in [-0.15, -0.1) is 0 Å². The largest absolute Gasteiger partial charge is 0.0991 e. The minimum absolute atomic E-state index is 0.820. The number of hydrogen-bond donors (Lipinski definition) is 0. The fraction of sp³-hybridized carbons (Fsp3) is 0.143. The molecule has 0 aliphatic heterocycles. The summed E-state index contributed by atoms with van der Waals surface area (Å²) in [5.41, 5.74) is 2.00. The molecule has 0 aromatic rings. The average molecular weight is 182 g/mol. The lowest BCUT2D eigenvalue weighted by molar-refractivity contribution is 1.000. The zero-order valence-corrected chi connectivity index (χ0v) is 8.29. The van der Waals surface area contributed by atoms with Crippen molar-refractivity contribution in [2.75, 3.05) is 0 Å². The molecule has 0 aromatic heterocycles. The Hall–Kier alpha value is -1.74. The molecule has 1 aliphatic carbocycles. The first kappa shape index (κ1) is 10.3. The van der Waals surface area contributed by atoms with Crippen LogP contribution in [0.25, 0.3) is 0 Å². The summed E-state index contributed by atoms with van der Waals surface area (Å²) >= 11 is 0. The van der Waals surface area contributed by atoms with Gasteiger partial charge in [0, 0.05) is 11.1 Å². The molecule has 0 fully saturated rings. The summed E-state index contributed by atoms with van der Waals surface area (Å²) in [6.45, 7) is 7.41. The molecule has 0 heteroatoms. The van der Waals surface area contributed by atoms with Crippen LogP contribution in [0, 0.1) is 11.8 Å². The minimum Gasteiger partial charge on any atom is -0.0991 e. The maximum absolute atomic E-state index is 3.82. The van der Waals surface area contributed by atoms with E-state index in [0.29, 0.717) is 0 Å². The third-order valence-electron chi connectivity index (χ3n) is 1.83. The van der Waals surface area contributed by atoms with E-state index in [4.69, 9.17) is 0 Å². The Kier molecular flexibility index (Phi) is 4.31. The Morgan fingerprint density at radius 3 is 3.00 bits per heavy atom. The summed E-state index contributed by atoms with van der Waals surface area (Å²) < 4.78 is 0. The van der Waals surface area contributed by atoms with Crippen LogP contribution >= 0.6 is 0 Å². The normalized spacial score (nSPS) is 14.4. The molecule has 0 radical (unpaired) electrons. The summed E-state index contributed by atoms with van der Waals surface area (Å²) in [4.78, 5) is 0. The van der Waals surface area contributed by atoms with Gasteiger partial charge in [0.15, 0.2) is 0 Å². The van der Waals surface area contributed by atoms with Crippen LogP contribution in [-0.2, 0) is 0 Å². The lowest BCUT2D eigenvalue weighted by Crippen LogP contribution is -1.83. The highest BCUT2D eigenvalue weighted by Crippen LogP contribution is 2.10. The SMILES string of the molecule is C=C/C=C\C(=C)C#CC1=CC=CCC1. The first-order valence-electron chi connectivity index (χ1n) is 4.68. The van der Waals surface area contributed by atoms with Crippen LogP contribution in [0.3, 0.4) is 0 Å². The highest BCUT2D eigenvalue weighted by Gasteiger charge is 1.93. The van der Waals surface area contributed by atoms with Gasteiger partial charge in [-0.05, 0) is 18.9 Å². The lowest BCUT2D eigenvalue weighted by atomic mass is 10.1. The molecular formula is C14H14. The van der Waals surface area contributed by atoms with Gasteiger partial charge in [-0.3, -0.25) is 0 Å². The standard InChI is InChI=1S/C14H14/c1-3-4-8-13(2)11-12-14-9-6-5-7-10-14/h3-6,8-9H,1-2,7,10H2/b8-4-. The Balaban J connectivity index is 2.58. The molecule has 1 rings (SSSR count). The average Bonchev–Trinajstić information content (AvgIpc) is 2.25. The van der Waals surface area contributed by atoms with Crippen LogP contribution < -0.4 is 0 Å². The summed E-state index contributed by atoms with van der Waals surface area (Å²) in [6, 6.07) is 0. The molecule has 14 heavy (non-hydrogen) atoms. The topological polar surface area (TPSA) is 0 Å². The highest BCUT2D eigenvalue weighted by atomic mass is 14.0. The summed E-state index contributed by atoms with van der Waals surface area (Å²) in [5.74, 6) is 6.11. The minimum atomic E-state index is 0.820. The molecule has 0 N–H and O–H groups in total. The van der Waals surface area contributed by atoms with Crippen LogP contribution in [0.15, 0.2) is 60.8 Å². The Labute approximate surface area is 86.0 Å². The van der Waals surface area contributed by atoms with Crippen molar-refractivity contribution >= 4 is 0 Å². The van der Waals surface area contributed by atoms with Crippen LogP contribution in [0.2, 0.25) is 0 Å². The van der Waals surface area contributed by atoms with E-state index in [1.54, 1.807) is 6.08 Å². The number of allylic oxidation sites excluding steroid dienone is 8. The van der Waals surface area contributed by atoms with E-state index in [-0.39, 0.29) is 0 Å². The summed E-state index contributed by atoms with van der Waals surface area (Å²) in [5, 5.41) is 0. The van der Waals surface area contributed by atoms with E-state index in [2.05, 4.69) is 43.2 Å². The van der Waals surface area contributed by atoms with Crippen molar-refractivity contribution in [1.82, 2.24) is 0 Å². The van der Waals surface area contributed by atoms with Gasteiger partial charge in [-0.2, -0.15) is 0 Å². The van der Waals surface area contributed by atoms with Gasteiger partial charge in [-0.25, -0.2) is 0 Å². The predicted octanol–water partition coefficient (Wildman–Crippen LogP) is 3.56. The van der Waals surface area contributed by atoms with Crippen molar-refractivity contribution < 1.29 is 0 Å². The Morgan fingerprint density at radius 2 is 2.36 bits per heavy atom. The Bertz CT molecular complexity index is 365. The zero-order chi connectivity index (χ0) is 10.2. The first-order valence-corrected chi connectivity index (χ1v) is 4.68. The highest BCUT2D eigenvalue weighted by molar-refractivity contribution is 5.44. The predicted molar refractivity (Wildman–Crippen MR) is 62.7 cm³/mol. The third kappa shape index (κ3) is 3.78. The van der Waals surface area contributed by atoms with E-state index in [1.807, 2.05) is 12.2 Å². The van der Waals surface area contributed by atoms with Gasteiger partial charge in [-0.1, -0.05) is 55.4 Å². The molecule has 0 amide bonds. The molecule has 0 aromatic carbocycles. The molecule has 0 atom stereocenters. The first-order chi connectivity index (χ1) is 6.83. The second-order valence-electron chi connectivity index (χ2n) is 3.03. The van der Waals surface area contributed by atoms with Crippen LogP contribution in [0.1, 0.15) is 12.8 Å². The molecule has 0 unspecified atom stereocenters. The van der Waals surface area contributed by atoms with Crippen LogP contribution in [0.5, 0.6) is 0 Å². The molecule has 0 heterocycles. The zero-order valence-electron chi connectivity index (χ0n) is 8.29. The third-order valence-corrected chi connectivity index (χ3v) is 1.83. The molecule has 70 valence electrons. The monoisotopic (exact) mass is 182 g/mol. The van der Waals surface area contributed by atoms with E-state index in [1.165, 1.54) is 5.57 Å². The van der Waals surface area contributed by atoms with E-state index in [9.17, 15) is 0 Å². The second kappa shape index (κ2) is 5.83. The fourth-order valence-electron chi connectivity index (χ4n) is 1.09. The van der Waals surface area contributed by atoms with Gasteiger partial charge in [0.2, 0.25) is 0 Å². The van der Waals surface area contributed by atoms with Gasteiger partial charge in [0.05, 0.1) is 0 Å². The molecule has 0 saturated carbocycles. The van der Waals surface area contributed by atoms with Crippen molar-refractivity contribution in [3.8, 4) is 11.8 Å². The lowest BCUT2D eigenvalue weighted by Gasteiger charge is -1.99. The van der Waals surface area contributed by atoms with Crippen LogP contribution in [0.4, 0.5) is 0 Å². The van der Waals surface area contributed by atoms with E-state index in [0.717, 1.165) is 18.4 Å². The molecule has 0 bridgehead atoms. The molecule has 1 aliphatic rings. The molecule has 0 nitrogen and oxygen atoms in total. The quantitative estimate of drug-likeness (QED) is 0.452. The van der Waals surface area contributed by atoms with E-state index < -0.39 is 0 Å². The fourth-order valence-corrected chi connectivity index (χ4v) is 1.09. The van der Waals surface area contributed by atoms with Crippen molar-refractivity contribution in [2.24, 2.45) is 0 Å². The Morgan fingerprint density at radius 1 is 1.50 bits per heavy atom. The second-order valence-corrected chi connectivity index (χ2v) is 3.03. The van der Waals surface area contributed by atoms with Crippen molar-refractivity contribution in [3.05, 3.63) is 60.8 Å². The number of hydrogen-bond acceptors (Lipinski definition) is 0. The summed E-state index contributed by atoms with van der Waals surface area (Å²) in [7, 11) is 0. The van der Waals surface area contributed by atoms with Gasteiger partial charge >= 0.3 is 0 Å². The van der Waals surface area contributed by atoms with E-state index >= 15 is 0 Å². The smallest absolute Gasteiger partial charge is 0.0177 e.